The zero-order valence-corrected chi connectivity index (χ0v) is 11.9. The van der Waals surface area contributed by atoms with Crippen LogP contribution in [0.4, 0.5) is 4.39 Å². The van der Waals surface area contributed by atoms with Crippen LogP contribution in [-0.2, 0) is 4.74 Å². The SMILES string of the molecule is CC1COC(CCl)CN1C(=O)c1cccc(Cl)c1F. The molecule has 0 saturated carbocycles. The molecule has 3 nitrogen and oxygen atoms in total. The molecule has 1 saturated heterocycles. The molecule has 2 atom stereocenters. The highest BCUT2D eigenvalue weighted by Gasteiger charge is 2.31. The predicted molar refractivity (Wildman–Crippen MR) is 72.4 cm³/mol. The van der Waals surface area contributed by atoms with Crippen molar-refractivity contribution in [2.75, 3.05) is 19.0 Å². The van der Waals surface area contributed by atoms with Crippen molar-refractivity contribution in [3.8, 4) is 0 Å². The van der Waals surface area contributed by atoms with Crippen molar-refractivity contribution < 1.29 is 13.9 Å². The van der Waals surface area contributed by atoms with Crippen molar-refractivity contribution in [2.45, 2.75) is 19.1 Å². The van der Waals surface area contributed by atoms with Crippen molar-refractivity contribution in [2.24, 2.45) is 0 Å². The van der Waals surface area contributed by atoms with Gasteiger partial charge in [-0.2, -0.15) is 0 Å². The number of nitrogens with zero attached hydrogens (tertiary/aromatic N) is 1. The molecule has 0 aliphatic carbocycles. The van der Waals surface area contributed by atoms with Gasteiger partial charge >= 0.3 is 0 Å². The summed E-state index contributed by atoms with van der Waals surface area (Å²) in [5, 5.41) is -0.0549. The normalized spacial score (nSPS) is 23.5. The van der Waals surface area contributed by atoms with Crippen LogP contribution in [-0.4, -0.2) is 42.0 Å². The summed E-state index contributed by atoms with van der Waals surface area (Å²) in [4.78, 5) is 13.9. The Morgan fingerprint density at radius 2 is 2.32 bits per heavy atom. The van der Waals surface area contributed by atoms with Crippen LogP contribution in [0.5, 0.6) is 0 Å². The number of amides is 1. The highest BCUT2D eigenvalue weighted by atomic mass is 35.5. The lowest BCUT2D eigenvalue weighted by Gasteiger charge is -2.37. The van der Waals surface area contributed by atoms with E-state index in [0.29, 0.717) is 19.0 Å². The van der Waals surface area contributed by atoms with Gasteiger partial charge in [0.05, 0.1) is 35.2 Å². The van der Waals surface area contributed by atoms with Gasteiger partial charge < -0.3 is 9.64 Å². The first kappa shape index (κ1) is 14.6. The molecular weight excluding hydrogens is 292 g/mol. The Hall–Kier alpha value is -0.840. The Labute approximate surface area is 121 Å². The maximum Gasteiger partial charge on any atom is 0.257 e. The minimum Gasteiger partial charge on any atom is -0.373 e. The van der Waals surface area contributed by atoms with Crippen LogP contribution >= 0.6 is 23.2 Å². The highest BCUT2D eigenvalue weighted by Crippen LogP contribution is 2.22. The van der Waals surface area contributed by atoms with Gasteiger partial charge in [-0.15, -0.1) is 11.6 Å². The number of rotatable bonds is 2. The van der Waals surface area contributed by atoms with Crippen molar-refractivity contribution in [1.82, 2.24) is 4.90 Å². The van der Waals surface area contributed by atoms with Gasteiger partial charge in [-0.3, -0.25) is 4.79 Å². The summed E-state index contributed by atoms with van der Waals surface area (Å²) < 4.78 is 19.3. The Bertz CT molecular complexity index is 484. The largest absolute Gasteiger partial charge is 0.373 e. The third-order valence-electron chi connectivity index (χ3n) is 3.12. The monoisotopic (exact) mass is 305 g/mol. The zero-order valence-electron chi connectivity index (χ0n) is 10.4. The summed E-state index contributed by atoms with van der Waals surface area (Å²) in [6.07, 6.45) is -0.218. The average molecular weight is 306 g/mol. The van der Waals surface area contributed by atoms with E-state index in [1.165, 1.54) is 12.1 Å². The topological polar surface area (TPSA) is 29.5 Å². The van der Waals surface area contributed by atoms with Crippen molar-refractivity contribution in [3.63, 3.8) is 0 Å². The molecule has 0 radical (unpaired) electrons. The molecular formula is C13H14Cl2FNO2. The smallest absolute Gasteiger partial charge is 0.257 e. The maximum atomic E-state index is 13.9. The second-order valence-corrected chi connectivity index (χ2v) is 5.23. The lowest BCUT2D eigenvalue weighted by molar-refractivity contribution is -0.0373. The number of carbonyl (C=O) groups is 1. The lowest BCUT2D eigenvalue weighted by Crippen LogP contribution is -2.51. The highest BCUT2D eigenvalue weighted by molar-refractivity contribution is 6.31. The summed E-state index contributed by atoms with van der Waals surface area (Å²) in [6.45, 7) is 2.60. The van der Waals surface area contributed by atoms with Crippen LogP contribution in [0.25, 0.3) is 0 Å². The van der Waals surface area contributed by atoms with E-state index in [0.717, 1.165) is 0 Å². The van der Waals surface area contributed by atoms with Gasteiger partial charge in [0.1, 0.15) is 0 Å². The van der Waals surface area contributed by atoms with E-state index in [1.807, 2.05) is 6.92 Å². The van der Waals surface area contributed by atoms with Gasteiger partial charge in [0.25, 0.3) is 5.91 Å². The molecule has 1 fully saturated rings. The first-order valence-corrected chi connectivity index (χ1v) is 6.88. The van der Waals surface area contributed by atoms with Crippen LogP contribution in [0.1, 0.15) is 17.3 Å². The van der Waals surface area contributed by atoms with Crippen LogP contribution in [0.15, 0.2) is 18.2 Å². The Balaban J connectivity index is 2.24. The number of ether oxygens (including phenoxy) is 1. The predicted octanol–water partition coefficient (Wildman–Crippen LogP) is 2.95. The van der Waals surface area contributed by atoms with Crippen LogP contribution < -0.4 is 0 Å². The Morgan fingerprint density at radius 3 is 3.00 bits per heavy atom. The third-order valence-corrected chi connectivity index (χ3v) is 3.76. The summed E-state index contributed by atoms with van der Waals surface area (Å²) in [6, 6.07) is 4.28. The molecule has 6 heteroatoms. The molecule has 1 aromatic rings. The number of hydrogen-bond acceptors (Lipinski definition) is 2. The molecule has 1 heterocycles. The second kappa shape index (κ2) is 6.07. The molecule has 2 unspecified atom stereocenters. The lowest BCUT2D eigenvalue weighted by atomic mass is 10.1. The molecule has 0 bridgehead atoms. The molecule has 1 aromatic carbocycles. The van der Waals surface area contributed by atoms with Crippen molar-refractivity contribution >= 4 is 29.1 Å². The van der Waals surface area contributed by atoms with E-state index in [4.69, 9.17) is 27.9 Å². The molecule has 0 spiro atoms. The fraction of sp³-hybridized carbons (Fsp3) is 0.462. The van der Waals surface area contributed by atoms with E-state index >= 15 is 0 Å². The van der Waals surface area contributed by atoms with Crippen molar-refractivity contribution in [3.05, 3.63) is 34.6 Å². The van der Waals surface area contributed by atoms with E-state index in [9.17, 15) is 9.18 Å². The quantitative estimate of drug-likeness (QED) is 0.786. The Kier molecular flexibility index (Phi) is 4.66. The summed E-state index contributed by atoms with van der Waals surface area (Å²) in [5.74, 6) is -0.768. The number of benzene rings is 1. The zero-order chi connectivity index (χ0) is 14.0. The van der Waals surface area contributed by atoms with Crippen LogP contribution in [0.3, 0.4) is 0 Å². The first-order chi connectivity index (χ1) is 9.04. The first-order valence-electron chi connectivity index (χ1n) is 5.97. The number of halogens is 3. The molecule has 1 amide bonds. The standard InChI is InChI=1S/C13H14Cl2FNO2/c1-8-7-19-9(5-14)6-17(8)13(18)10-3-2-4-11(15)12(10)16/h2-4,8-9H,5-7H2,1H3. The van der Waals surface area contributed by atoms with Gasteiger partial charge in [0, 0.05) is 6.54 Å². The van der Waals surface area contributed by atoms with Crippen LogP contribution in [0, 0.1) is 5.82 Å². The summed E-state index contributed by atoms with van der Waals surface area (Å²) >= 11 is 11.4. The molecule has 0 aromatic heterocycles. The van der Waals surface area contributed by atoms with Gasteiger partial charge in [-0.25, -0.2) is 4.39 Å². The molecule has 2 rings (SSSR count). The number of carbonyl (C=O) groups excluding carboxylic acids is 1. The van der Waals surface area contributed by atoms with Gasteiger partial charge in [-0.1, -0.05) is 17.7 Å². The van der Waals surface area contributed by atoms with Crippen LogP contribution in [0.2, 0.25) is 5.02 Å². The van der Waals surface area contributed by atoms with E-state index < -0.39 is 5.82 Å². The molecule has 19 heavy (non-hydrogen) atoms. The van der Waals surface area contributed by atoms with Gasteiger partial charge in [-0.05, 0) is 19.1 Å². The molecule has 1 aliphatic rings. The summed E-state index contributed by atoms with van der Waals surface area (Å²) in [7, 11) is 0. The fourth-order valence-corrected chi connectivity index (χ4v) is 2.38. The Morgan fingerprint density at radius 1 is 1.58 bits per heavy atom. The maximum absolute atomic E-state index is 13.9. The average Bonchev–Trinajstić information content (AvgIpc) is 2.42. The number of alkyl halides is 1. The second-order valence-electron chi connectivity index (χ2n) is 4.52. The molecule has 1 aliphatic heterocycles. The molecule has 104 valence electrons. The van der Waals surface area contributed by atoms with E-state index in [-0.39, 0.29) is 28.6 Å². The minimum absolute atomic E-state index is 0.0189. The van der Waals surface area contributed by atoms with Gasteiger partial charge in [0.2, 0.25) is 0 Å². The van der Waals surface area contributed by atoms with Crippen molar-refractivity contribution in [1.29, 1.82) is 0 Å². The number of morpholine rings is 1. The molecule has 0 N–H and O–H groups in total. The third kappa shape index (κ3) is 3.02. The fourth-order valence-electron chi connectivity index (χ4n) is 2.02. The van der Waals surface area contributed by atoms with E-state index in [2.05, 4.69) is 0 Å². The summed E-state index contributed by atoms with van der Waals surface area (Å²) in [5.41, 5.74) is -0.0189. The minimum atomic E-state index is -0.685. The van der Waals surface area contributed by atoms with Gasteiger partial charge in [0.15, 0.2) is 5.82 Å². The van der Waals surface area contributed by atoms with E-state index in [1.54, 1.807) is 11.0 Å². The number of hydrogen-bond donors (Lipinski definition) is 0.